The molecule has 0 heterocycles. The Labute approximate surface area is 101 Å². The van der Waals surface area contributed by atoms with Crippen molar-refractivity contribution in [2.24, 2.45) is 5.73 Å². The van der Waals surface area contributed by atoms with Crippen LogP contribution in [0.4, 0.5) is 0 Å². The zero-order valence-electron chi connectivity index (χ0n) is 10.3. The summed E-state index contributed by atoms with van der Waals surface area (Å²) < 4.78 is 16.1. The minimum Gasteiger partial charge on any atom is -0.496 e. The summed E-state index contributed by atoms with van der Waals surface area (Å²) in [7, 11) is 4.89. The molecule has 4 nitrogen and oxygen atoms in total. The van der Waals surface area contributed by atoms with Crippen LogP contribution < -0.4 is 19.9 Å². The number of hydrogen-bond acceptors (Lipinski definition) is 4. The van der Waals surface area contributed by atoms with Crippen LogP contribution >= 0.6 is 0 Å². The fraction of sp³-hybridized carbons (Fsp3) is 0.385. The molecule has 2 rings (SSSR count). The number of rotatable bonds is 3. The molecule has 2 N–H and O–H groups in total. The average molecular weight is 235 g/mol. The van der Waals surface area contributed by atoms with Crippen LogP contribution in [0, 0.1) is 0 Å². The number of benzene rings is 1. The van der Waals surface area contributed by atoms with Crippen molar-refractivity contribution in [1.29, 1.82) is 0 Å². The Morgan fingerprint density at radius 1 is 1.12 bits per heavy atom. The molecule has 0 saturated carbocycles. The highest BCUT2D eigenvalue weighted by Gasteiger charge is 2.22. The Kier molecular flexibility index (Phi) is 3.24. The molecule has 92 valence electrons. The van der Waals surface area contributed by atoms with Crippen molar-refractivity contribution in [2.75, 3.05) is 21.3 Å². The van der Waals surface area contributed by atoms with Crippen LogP contribution in [-0.2, 0) is 6.42 Å². The van der Waals surface area contributed by atoms with Gasteiger partial charge in [-0.1, -0.05) is 12.2 Å². The summed E-state index contributed by atoms with van der Waals surface area (Å²) in [6.07, 6.45) is 4.67. The number of ether oxygens (including phenoxy) is 3. The first-order valence-corrected chi connectivity index (χ1v) is 5.46. The molecule has 0 fully saturated rings. The van der Waals surface area contributed by atoms with E-state index in [9.17, 15) is 0 Å². The first-order chi connectivity index (χ1) is 8.21. The largest absolute Gasteiger partial charge is 0.496 e. The van der Waals surface area contributed by atoms with Gasteiger partial charge in [0.25, 0.3) is 0 Å². The topological polar surface area (TPSA) is 53.7 Å². The minimum absolute atomic E-state index is 0.0227. The van der Waals surface area contributed by atoms with Gasteiger partial charge in [-0.05, 0) is 6.42 Å². The summed E-state index contributed by atoms with van der Waals surface area (Å²) in [6.45, 7) is 0. The van der Waals surface area contributed by atoms with E-state index in [1.165, 1.54) is 0 Å². The molecule has 1 unspecified atom stereocenters. The van der Waals surface area contributed by atoms with Crippen molar-refractivity contribution in [3.8, 4) is 17.2 Å². The Morgan fingerprint density at radius 2 is 1.82 bits per heavy atom. The molecule has 0 radical (unpaired) electrons. The first-order valence-electron chi connectivity index (χ1n) is 5.46. The summed E-state index contributed by atoms with van der Waals surface area (Å²) in [6, 6.07) is 1.86. The lowest BCUT2D eigenvalue weighted by Gasteiger charge is -2.22. The fourth-order valence-corrected chi connectivity index (χ4v) is 2.13. The third-order valence-electron chi connectivity index (χ3n) is 2.95. The standard InChI is InChI=1S/C13H17NO3/c1-15-11-7-12(16-2)13(17-3)9-5-4-8(14)6-10(9)11/h4-5,7-8H,6,14H2,1-3H3. The van der Waals surface area contributed by atoms with Gasteiger partial charge in [0.05, 0.1) is 21.3 Å². The number of hydrogen-bond donors (Lipinski definition) is 1. The summed E-state index contributed by atoms with van der Waals surface area (Å²) in [5.74, 6) is 2.19. The molecular weight excluding hydrogens is 218 g/mol. The van der Waals surface area contributed by atoms with E-state index in [0.29, 0.717) is 5.75 Å². The number of nitrogens with two attached hydrogens (primary N) is 1. The lowest BCUT2D eigenvalue weighted by molar-refractivity contribution is 0.346. The van der Waals surface area contributed by atoms with E-state index < -0.39 is 0 Å². The molecule has 4 heteroatoms. The Bertz CT molecular complexity index is 454. The molecule has 0 saturated heterocycles. The Balaban J connectivity index is 2.65. The van der Waals surface area contributed by atoms with Crippen LogP contribution in [0.25, 0.3) is 6.08 Å². The highest BCUT2D eigenvalue weighted by Crippen LogP contribution is 2.42. The van der Waals surface area contributed by atoms with E-state index in [1.807, 2.05) is 18.2 Å². The third kappa shape index (κ3) is 1.96. The van der Waals surface area contributed by atoms with Gasteiger partial charge in [-0.2, -0.15) is 0 Å². The van der Waals surface area contributed by atoms with Gasteiger partial charge in [-0.15, -0.1) is 0 Å². The molecule has 17 heavy (non-hydrogen) atoms. The van der Waals surface area contributed by atoms with Crippen LogP contribution in [0.1, 0.15) is 11.1 Å². The van der Waals surface area contributed by atoms with E-state index in [4.69, 9.17) is 19.9 Å². The van der Waals surface area contributed by atoms with E-state index in [0.717, 1.165) is 29.0 Å². The molecule has 1 aliphatic carbocycles. The van der Waals surface area contributed by atoms with Crippen molar-refractivity contribution >= 4 is 6.08 Å². The maximum atomic E-state index is 5.92. The zero-order valence-corrected chi connectivity index (χ0v) is 10.3. The van der Waals surface area contributed by atoms with Gasteiger partial charge in [0.2, 0.25) is 0 Å². The average Bonchev–Trinajstić information content (AvgIpc) is 2.36. The Hall–Kier alpha value is -1.68. The van der Waals surface area contributed by atoms with Gasteiger partial charge in [-0.3, -0.25) is 0 Å². The van der Waals surface area contributed by atoms with Gasteiger partial charge in [0, 0.05) is 23.2 Å². The second-order valence-electron chi connectivity index (χ2n) is 3.93. The maximum Gasteiger partial charge on any atom is 0.168 e. The normalized spacial score (nSPS) is 17.5. The third-order valence-corrected chi connectivity index (χ3v) is 2.95. The van der Waals surface area contributed by atoms with Gasteiger partial charge >= 0.3 is 0 Å². The van der Waals surface area contributed by atoms with Crippen LogP contribution in [0.2, 0.25) is 0 Å². The van der Waals surface area contributed by atoms with E-state index in [1.54, 1.807) is 21.3 Å². The summed E-state index contributed by atoms with van der Waals surface area (Å²) in [5.41, 5.74) is 7.98. The highest BCUT2D eigenvalue weighted by atomic mass is 16.5. The van der Waals surface area contributed by atoms with Crippen molar-refractivity contribution in [3.05, 3.63) is 23.3 Å². The van der Waals surface area contributed by atoms with E-state index in [-0.39, 0.29) is 6.04 Å². The van der Waals surface area contributed by atoms with Crippen LogP contribution in [-0.4, -0.2) is 27.4 Å². The predicted molar refractivity (Wildman–Crippen MR) is 66.8 cm³/mol. The monoisotopic (exact) mass is 235 g/mol. The zero-order chi connectivity index (χ0) is 12.4. The van der Waals surface area contributed by atoms with Gasteiger partial charge < -0.3 is 19.9 Å². The summed E-state index contributed by atoms with van der Waals surface area (Å²) in [4.78, 5) is 0. The number of methoxy groups -OCH3 is 3. The van der Waals surface area contributed by atoms with Crippen LogP contribution in [0.5, 0.6) is 17.2 Å². The molecule has 1 aromatic carbocycles. The predicted octanol–water partition coefficient (Wildman–Crippen LogP) is 1.61. The molecule has 1 aliphatic rings. The molecule has 1 atom stereocenters. The molecular formula is C13H17NO3. The summed E-state index contributed by atoms with van der Waals surface area (Å²) in [5, 5.41) is 0. The molecule has 0 bridgehead atoms. The van der Waals surface area contributed by atoms with Crippen molar-refractivity contribution in [1.82, 2.24) is 0 Å². The Morgan fingerprint density at radius 3 is 2.41 bits per heavy atom. The van der Waals surface area contributed by atoms with Crippen molar-refractivity contribution in [2.45, 2.75) is 12.5 Å². The SMILES string of the molecule is COc1cc(OC)c(OC)c2c1CC(N)C=C2. The molecule has 0 spiro atoms. The second-order valence-corrected chi connectivity index (χ2v) is 3.93. The molecule has 1 aromatic rings. The molecule has 0 amide bonds. The minimum atomic E-state index is 0.0227. The van der Waals surface area contributed by atoms with Gasteiger partial charge in [0.15, 0.2) is 11.5 Å². The van der Waals surface area contributed by atoms with E-state index in [2.05, 4.69) is 0 Å². The highest BCUT2D eigenvalue weighted by molar-refractivity contribution is 5.71. The molecule has 0 aromatic heterocycles. The lowest BCUT2D eigenvalue weighted by Crippen LogP contribution is -2.23. The van der Waals surface area contributed by atoms with Crippen molar-refractivity contribution < 1.29 is 14.2 Å². The molecule has 0 aliphatic heterocycles. The van der Waals surface area contributed by atoms with Crippen LogP contribution in [0.15, 0.2) is 12.1 Å². The lowest BCUT2D eigenvalue weighted by atomic mass is 9.92. The van der Waals surface area contributed by atoms with Crippen LogP contribution in [0.3, 0.4) is 0 Å². The van der Waals surface area contributed by atoms with Gasteiger partial charge in [0.1, 0.15) is 5.75 Å². The summed E-state index contributed by atoms with van der Waals surface area (Å²) >= 11 is 0. The quantitative estimate of drug-likeness (QED) is 0.864. The number of fused-ring (bicyclic) bond motifs is 1. The van der Waals surface area contributed by atoms with Gasteiger partial charge in [-0.25, -0.2) is 0 Å². The fourth-order valence-electron chi connectivity index (χ4n) is 2.13. The first kappa shape index (κ1) is 11.8. The second kappa shape index (κ2) is 4.67. The van der Waals surface area contributed by atoms with Crippen molar-refractivity contribution in [3.63, 3.8) is 0 Å². The van der Waals surface area contributed by atoms with E-state index >= 15 is 0 Å². The smallest absolute Gasteiger partial charge is 0.168 e. The maximum absolute atomic E-state index is 5.92.